The standard InChI is InChI=1S/C19H23FN4O/c20-8-13-24-11-6-19(7-12-24)14-16(23-18-21-9-3-10-22-18)15-4-1-2-5-17(15)25-19/h1-5,9-10,16H,6-8,11-14H2,(H,21,22,23)/t16-/m0/s1. The molecule has 3 heterocycles. The highest BCUT2D eigenvalue weighted by atomic mass is 19.1. The summed E-state index contributed by atoms with van der Waals surface area (Å²) in [6.45, 7) is 1.99. The van der Waals surface area contributed by atoms with E-state index in [2.05, 4.69) is 26.3 Å². The van der Waals surface area contributed by atoms with Crippen LogP contribution in [0.5, 0.6) is 5.75 Å². The lowest BCUT2D eigenvalue weighted by Crippen LogP contribution is -2.51. The molecule has 1 N–H and O–H groups in total. The molecule has 132 valence electrons. The summed E-state index contributed by atoms with van der Waals surface area (Å²) in [6, 6.07) is 10.1. The van der Waals surface area contributed by atoms with E-state index in [1.54, 1.807) is 12.4 Å². The quantitative estimate of drug-likeness (QED) is 0.925. The van der Waals surface area contributed by atoms with E-state index >= 15 is 0 Å². The third-order valence-electron chi connectivity index (χ3n) is 5.23. The van der Waals surface area contributed by atoms with E-state index in [0.29, 0.717) is 12.5 Å². The fraction of sp³-hybridized carbons (Fsp3) is 0.474. The summed E-state index contributed by atoms with van der Waals surface area (Å²) in [5.41, 5.74) is 0.944. The van der Waals surface area contributed by atoms with Gasteiger partial charge in [0.25, 0.3) is 0 Å². The number of benzene rings is 1. The Balaban J connectivity index is 1.57. The third-order valence-corrected chi connectivity index (χ3v) is 5.23. The molecule has 2 aromatic rings. The molecule has 2 aliphatic rings. The lowest BCUT2D eigenvalue weighted by atomic mass is 9.80. The molecule has 1 spiro atoms. The Morgan fingerprint density at radius 3 is 2.68 bits per heavy atom. The van der Waals surface area contributed by atoms with Crippen molar-refractivity contribution in [1.29, 1.82) is 0 Å². The van der Waals surface area contributed by atoms with Crippen molar-refractivity contribution in [1.82, 2.24) is 14.9 Å². The summed E-state index contributed by atoms with van der Waals surface area (Å²) in [7, 11) is 0. The number of nitrogens with zero attached hydrogens (tertiary/aromatic N) is 3. The molecule has 25 heavy (non-hydrogen) atoms. The molecule has 6 heteroatoms. The van der Waals surface area contributed by atoms with Crippen molar-refractivity contribution in [3.8, 4) is 5.75 Å². The van der Waals surface area contributed by atoms with Crippen molar-refractivity contribution in [3.05, 3.63) is 48.3 Å². The minimum atomic E-state index is -0.285. The van der Waals surface area contributed by atoms with Crippen LogP contribution in [0.3, 0.4) is 0 Å². The summed E-state index contributed by atoms with van der Waals surface area (Å²) < 4.78 is 19.1. The van der Waals surface area contributed by atoms with Gasteiger partial charge in [-0.25, -0.2) is 14.4 Å². The molecule has 4 rings (SSSR count). The predicted molar refractivity (Wildman–Crippen MR) is 94.5 cm³/mol. The maximum Gasteiger partial charge on any atom is 0.223 e. The fourth-order valence-electron chi connectivity index (χ4n) is 3.89. The number of likely N-dealkylation sites (tertiary alicyclic amines) is 1. The van der Waals surface area contributed by atoms with Gasteiger partial charge in [0.1, 0.15) is 18.0 Å². The lowest BCUT2D eigenvalue weighted by molar-refractivity contribution is -0.0207. The molecule has 0 radical (unpaired) electrons. The van der Waals surface area contributed by atoms with Gasteiger partial charge in [-0.1, -0.05) is 18.2 Å². The molecule has 0 amide bonds. The van der Waals surface area contributed by atoms with E-state index in [4.69, 9.17) is 4.74 Å². The summed E-state index contributed by atoms with van der Waals surface area (Å²) in [4.78, 5) is 10.8. The first-order chi connectivity index (χ1) is 12.3. The maximum absolute atomic E-state index is 12.6. The lowest BCUT2D eigenvalue weighted by Gasteiger charge is -2.47. The topological polar surface area (TPSA) is 50.3 Å². The van der Waals surface area contributed by atoms with Gasteiger partial charge in [-0.15, -0.1) is 0 Å². The Labute approximate surface area is 147 Å². The van der Waals surface area contributed by atoms with Crippen LogP contribution in [0, 0.1) is 0 Å². The van der Waals surface area contributed by atoms with Crippen LogP contribution < -0.4 is 10.1 Å². The largest absolute Gasteiger partial charge is 0.487 e. The van der Waals surface area contributed by atoms with Crippen molar-refractivity contribution in [2.24, 2.45) is 0 Å². The van der Waals surface area contributed by atoms with Crippen LogP contribution in [0.2, 0.25) is 0 Å². The Kier molecular flexibility index (Phi) is 4.53. The molecule has 0 saturated carbocycles. The number of hydrogen-bond donors (Lipinski definition) is 1. The zero-order valence-electron chi connectivity index (χ0n) is 14.2. The average Bonchev–Trinajstić information content (AvgIpc) is 2.65. The van der Waals surface area contributed by atoms with Crippen LogP contribution in [0.4, 0.5) is 10.3 Å². The Morgan fingerprint density at radius 1 is 1.16 bits per heavy atom. The van der Waals surface area contributed by atoms with Crippen LogP contribution in [-0.2, 0) is 0 Å². The third kappa shape index (κ3) is 3.44. The van der Waals surface area contributed by atoms with Crippen LogP contribution >= 0.6 is 0 Å². The van der Waals surface area contributed by atoms with Gasteiger partial charge in [0, 0.05) is 44.0 Å². The molecule has 1 fully saturated rings. The van der Waals surface area contributed by atoms with Crippen LogP contribution in [0.25, 0.3) is 0 Å². The number of hydrogen-bond acceptors (Lipinski definition) is 5. The minimum absolute atomic E-state index is 0.111. The highest BCUT2D eigenvalue weighted by molar-refractivity contribution is 5.43. The zero-order valence-corrected chi connectivity index (χ0v) is 14.2. The van der Waals surface area contributed by atoms with Gasteiger partial charge in [-0.3, -0.25) is 0 Å². The van der Waals surface area contributed by atoms with Gasteiger partial charge >= 0.3 is 0 Å². The van der Waals surface area contributed by atoms with Crippen molar-refractivity contribution in [2.45, 2.75) is 30.9 Å². The number of rotatable bonds is 4. The predicted octanol–water partition coefficient (Wildman–Crippen LogP) is 3.22. The van der Waals surface area contributed by atoms with Gasteiger partial charge in [0.05, 0.1) is 6.04 Å². The number of anilines is 1. The Morgan fingerprint density at radius 2 is 1.92 bits per heavy atom. The molecule has 1 atom stereocenters. The number of fused-ring (bicyclic) bond motifs is 1. The zero-order chi connectivity index (χ0) is 17.1. The van der Waals surface area contributed by atoms with Crippen LogP contribution in [-0.4, -0.2) is 46.8 Å². The van der Waals surface area contributed by atoms with E-state index in [0.717, 1.165) is 43.7 Å². The number of alkyl halides is 1. The molecule has 2 aliphatic heterocycles. The van der Waals surface area contributed by atoms with Gasteiger partial charge in [-0.05, 0) is 25.0 Å². The number of nitrogens with one attached hydrogen (secondary N) is 1. The second-order valence-electron chi connectivity index (χ2n) is 6.83. The van der Waals surface area contributed by atoms with E-state index < -0.39 is 0 Å². The first kappa shape index (κ1) is 16.3. The van der Waals surface area contributed by atoms with Gasteiger partial charge in [0.15, 0.2) is 0 Å². The normalized spacial score (nSPS) is 22.2. The monoisotopic (exact) mass is 342 g/mol. The summed E-state index contributed by atoms with van der Waals surface area (Å²) in [6.07, 6.45) is 6.17. The number of ether oxygens (including phenoxy) is 1. The molecule has 1 aromatic carbocycles. The maximum atomic E-state index is 12.6. The second kappa shape index (κ2) is 6.96. The Hall–Kier alpha value is -2.21. The van der Waals surface area contributed by atoms with E-state index in [9.17, 15) is 4.39 Å². The molecule has 0 bridgehead atoms. The number of para-hydroxylation sites is 1. The fourth-order valence-corrected chi connectivity index (χ4v) is 3.89. The second-order valence-corrected chi connectivity index (χ2v) is 6.83. The Bertz CT molecular complexity index is 704. The first-order valence-electron chi connectivity index (χ1n) is 8.88. The summed E-state index contributed by atoms with van der Waals surface area (Å²) in [5, 5.41) is 3.47. The number of aromatic nitrogens is 2. The van der Waals surface area contributed by atoms with Gasteiger partial charge in [-0.2, -0.15) is 0 Å². The summed E-state index contributed by atoms with van der Waals surface area (Å²) >= 11 is 0. The van der Waals surface area contributed by atoms with E-state index in [-0.39, 0.29) is 18.3 Å². The molecule has 0 aliphatic carbocycles. The van der Waals surface area contributed by atoms with Gasteiger partial charge < -0.3 is 15.0 Å². The van der Waals surface area contributed by atoms with Crippen molar-refractivity contribution < 1.29 is 9.13 Å². The molecular weight excluding hydrogens is 319 g/mol. The van der Waals surface area contributed by atoms with E-state index in [1.807, 2.05) is 24.3 Å². The van der Waals surface area contributed by atoms with Crippen molar-refractivity contribution >= 4 is 5.95 Å². The first-order valence-corrected chi connectivity index (χ1v) is 8.88. The van der Waals surface area contributed by atoms with Crippen molar-refractivity contribution in [2.75, 3.05) is 31.6 Å². The summed E-state index contributed by atoms with van der Waals surface area (Å²) in [5.74, 6) is 1.57. The molecule has 0 unspecified atom stereocenters. The highest BCUT2D eigenvalue weighted by Gasteiger charge is 2.43. The average molecular weight is 342 g/mol. The van der Waals surface area contributed by atoms with E-state index in [1.165, 1.54) is 0 Å². The smallest absolute Gasteiger partial charge is 0.223 e. The minimum Gasteiger partial charge on any atom is -0.487 e. The van der Waals surface area contributed by atoms with Gasteiger partial charge in [0.2, 0.25) is 5.95 Å². The molecule has 1 saturated heterocycles. The molecule has 1 aromatic heterocycles. The molecular formula is C19H23FN4O. The molecule has 5 nitrogen and oxygen atoms in total. The van der Waals surface area contributed by atoms with Crippen molar-refractivity contribution in [3.63, 3.8) is 0 Å². The van der Waals surface area contributed by atoms with Crippen LogP contribution in [0.1, 0.15) is 30.9 Å². The van der Waals surface area contributed by atoms with Crippen LogP contribution in [0.15, 0.2) is 42.7 Å². The number of piperidine rings is 1. The SMILES string of the molecule is FCCN1CCC2(CC1)C[C@H](Nc1ncccn1)c1ccccc1O2. The highest BCUT2D eigenvalue weighted by Crippen LogP contribution is 2.45. The number of halogens is 1.